The second kappa shape index (κ2) is 11.8. The van der Waals surface area contributed by atoms with Crippen LogP contribution < -0.4 is 14.9 Å². The summed E-state index contributed by atoms with van der Waals surface area (Å²) in [5.74, 6) is -0.762. The molecule has 0 saturated carbocycles. The molecule has 10 heteroatoms. The van der Waals surface area contributed by atoms with Crippen LogP contribution in [0.3, 0.4) is 0 Å². The summed E-state index contributed by atoms with van der Waals surface area (Å²) in [4.78, 5) is 25.1. The van der Waals surface area contributed by atoms with Crippen LogP contribution in [0.1, 0.15) is 31.8 Å². The number of ether oxygens (including phenoxy) is 1. The number of nitrogens with one attached hydrogen (secondary N) is 2. The molecule has 4 aromatic rings. The number of hydrogen-bond acceptors (Lipinski definition) is 6. The van der Waals surface area contributed by atoms with Gasteiger partial charge in [-0.25, -0.2) is 18.6 Å². The van der Waals surface area contributed by atoms with E-state index in [2.05, 4.69) is 31.2 Å². The first-order valence-corrected chi connectivity index (χ1v) is 13.6. The Bertz CT molecular complexity index is 1590. The van der Waals surface area contributed by atoms with Crippen LogP contribution in [0, 0.1) is 6.92 Å². The summed E-state index contributed by atoms with van der Waals surface area (Å²) in [5.41, 5.74) is 4.81. The number of esters is 1. The Kier molecular flexibility index (Phi) is 8.35. The van der Waals surface area contributed by atoms with E-state index in [1.165, 1.54) is 42.6 Å². The Morgan fingerprint density at radius 2 is 1.55 bits per heavy atom. The lowest BCUT2D eigenvalue weighted by atomic mass is 10.2. The van der Waals surface area contributed by atoms with Gasteiger partial charge in [0, 0.05) is 21.3 Å². The topological polar surface area (TPSA) is 114 Å². The number of anilines is 1. The van der Waals surface area contributed by atoms with E-state index in [0.717, 1.165) is 10.0 Å². The molecule has 4 rings (SSSR count). The number of carbonyl (C=O) groups is 2. The van der Waals surface area contributed by atoms with Crippen molar-refractivity contribution >= 4 is 49.7 Å². The van der Waals surface area contributed by atoms with Crippen LogP contribution in [-0.4, -0.2) is 26.5 Å². The number of carbonyl (C=O) groups excluding carboxylic acids is 2. The number of rotatable bonds is 8. The van der Waals surface area contributed by atoms with Crippen LogP contribution in [-0.2, 0) is 10.0 Å². The van der Waals surface area contributed by atoms with Crippen molar-refractivity contribution in [2.75, 3.05) is 4.72 Å². The maximum absolute atomic E-state index is 12.6. The van der Waals surface area contributed by atoms with Gasteiger partial charge >= 0.3 is 5.97 Å². The van der Waals surface area contributed by atoms with Gasteiger partial charge in [0.15, 0.2) is 0 Å². The third kappa shape index (κ3) is 6.93. The van der Waals surface area contributed by atoms with E-state index in [0.29, 0.717) is 16.8 Å². The van der Waals surface area contributed by atoms with Crippen LogP contribution in [0.2, 0.25) is 0 Å². The summed E-state index contributed by atoms with van der Waals surface area (Å²) >= 11 is 3.37. The van der Waals surface area contributed by atoms with Gasteiger partial charge in [0.1, 0.15) is 5.75 Å². The Labute approximate surface area is 228 Å². The molecule has 0 spiro atoms. The zero-order chi connectivity index (χ0) is 27.1. The quantitative estimate of drug-likeness (QED) is 0.121. The lowest BCUT2D eigenvalue weighted by Crippen LogP contribution is -2.18. The predicted molar refractivity (Wildman–Crippen MR) is 149 cm³/mol. The normalized spacial score (nSPS) is 11.2. The standard InChI is InChI=1S/C28H22BrN3O5S/c1-19-7-14-25(15-8-19)38(35,36)32-24-12-9-20(10-13-24)27(33)31-30-18-22-17-23(29)11-16-26(22)37-28(34)21-5-3-2-4-6-21/h2-18,32H,1H3,(H,31,33)/b30-18+. The molecule has 192 valence electrons. The lowest BCUT2D eigenvalue weighted by Gasteiger charge is -2.09. The maximum atomic E-state index is 12.6. The van der Waals surface area contributed by atoms with Gasteiger partial charge < -0.3 is 4.74 Å². The molecule has 0 aliphatic rings. The molecule has 0 saturated heterocycles. The predicted octanol–water partition coefficient (Wildman–Crippen LogP) is 5.54. The molecule has 38 heavy (non-hydrogen) atoms. The number of aryl methyl sites for hydroxylation is 1. The minimum absolute atomic E-state index is 0.139. The Morgan fingerprint density at radius 1 is 0.868 bits per heavy atom. The smallest absolute Gasteiger partial charge is 0.343 e. The van der Waals surface area contributed by atoms with Gasteiger partial charge in [-0.15, -0.1) is 0 Å². The van der Waals surface area contributed by atoms with Crippen LogP contribution in [0.4, 0.5) is 5.69 Å². The summed E-state index contributed by atoms with van der Waals surface area (Å²) in [6.45, 7) is 1.87. The Hall–Kier alpha value is -4.28. The number of hydrazone groups is 1. The van der Waals surface area contributed by atoms with Gasteiger partial charge in [-0.2, -0.15) is 5.10 Å². The second-order valence-corrected chi connectivity index (χ2v) is 10.7. The Balaban J connectivity index is 1.40. The highest BCUT2D eigenvalue weighted by atomic mass is 79.9. The van der Waals surface area contributed by atoms with E-state index in [9.17, 15) is 18.0 Å². The highest BCUT2D eigenvalue weighted by Gasteiger charge is 2.15. The molecule has 8 nitrogen and oxygen atoms in total. The van der Waals surface area contributed by atoms with Gasteiger partial charge in [-0.05, 0) is 73.7 Å². The van der Waals surface area contributed by atoms with E-state index in [-0.39, 0.29) is 16.2 Å². The van der Waals surface area contributed by atoms with Crippen LogP contribution in [0.15, 0.2) is 112 Å². The van der Waals surface area contributed by atoms with Crippen LogP contribution >= 0.6 is 15.9 Å². The van der Waals surface area contributed by atoms with Crippen LogP contribution in [0.25, 0.3) is 0 Å². The number of halogens is 1. The molecule has 0 unspecified atom stereocenters. The number of nitrogens with zero attached hydrogens (tertiary/aromatic N) is 1. The molecule has 0 fully saturated rings. The van der Waals surface area contributed by atoms with Crippen molar-refractivity contribution in [3.63, 3.8) is 0 Å². The molecule has 0 bridgehead atoms. The van der Waals surface area contributed by atoms with Gasteiger partial charge in [0.25, 0.3) is 15.9 Å². The molecular formula is C28H22BrN3O5S. The van der Waals surface area contributed by atoms with Crippen molar-refractivity contribution in [3.8, 4) is 5.75 Å². The van der Waals surface area contributed by atoms with Crippen molar-refractivity contribution < 1.29 is 22.7 Å². The van der Waals surface area contributed by atoms with Gasteiger partial charge in [0.05, 0.1) is 16.7 Å². The van der Waals surface area contributed by atoms with Crippen molar-refractivity contribution in [2.24, 2.45) is 5.10 Å². The molecule has 0 radical (unpaired) electrons. The zero-order valence-corrected chi connectivity index (χ0v) is 22.5. The fourth-order valence-corrected chi connectivity index (χ4v) is 4.73. The molecular weight excluding hydrogens is 570 g/mol. The summed E-state index contributed by atoms with van der Waals surface area (Å²) in [5, 5.41) is 3.98. The SMILES string of the molecule is Cc1ccc(S(=O)(=O)Nc2ccc(C(=O)N/N=C/c3cc(Br)ccc3OC(=O)c3ccccc3)cc2)cc1. The van der Waals surface area contributed by atoms with Crippen molar-refractivity contribution in [2.45, 2.75) is 11.8 Å². The summed E-state index contributed by atoms with van der Waals surface area (Å²) < 4.78 is 33.8. The summed E-state index contributed by atoms with van der Waals surface area (Å²) in [6, 6.07) is 26.0. The fourth-order valence-electron chi connectivity index (χ4n) is 3.29. The average Bonchev–Trinajstić information content (AvgIpc) is 2.91. The van der Waals surface area contributed by atoms with Gasteiger partial charge in [0.2, 0.25) is 0 Å². The molecule has 2 N–H and O–H groups in total. The highest BCUT2D eigenvalue weighted by molar-refractivity contribution is 9.10. The van der Waals surface area contributed by atoms with Crippen molar-refractivity contribution in [3.05, 3.63) is 124 Å². The molecule has 4 aromatic carbocycles. The van der Waals surface area contributed by atoms with Crippen LogP contribution in [0.5, 0.6) is 5.75 Å². The van der Waals surface area contributed by atoms with Gasteiger partial charge in [-0.3, -0.25) is 9.52 Å². The largest absolute Gasteiger partial charge is 0.422 e. The summed E-state index contributed by atoms with van der Waals surface area (Å²) in [7, 11) is -3.76. The summed E-state index contributed by atoms with van der Waals surface area (Å²) in [6.07, 6.45) is 1.36. The molecule has 1 amide bonds. The molecule has 0 aliphatic carbocycles. The first kappa shape index (κ1) is 26.8. The second-order valence-electron chi connectivity index (χ2n) is 8.13. The fraction of sp³-hybridized carbons (Fsp3) is 0.0357. The van der Waals surface area contributed by atoms with Crippen molar-refractivity contribution in [1.82, 2.24) is 5.43 Å². The van der Waals surface area contributed by atoms with Gasteiger partial charge in [-0.1, -0.05) is 51.8 Å². The zero-order valence-electron chi connectivity index (χ0n) is 20.1. The van der Waals surface area contributed by atoms with Crippen molar-refractivity contribution in [1.29, 1.82) is 0 Å². The Morgan fingerprint density at radius 3 is 2.24 bits per heavy atom. The monoisotopic (exact) mass is 591 g/mol. The van der Waals surface area contributed by atoms with E-state index in [4.69, 9.17) is 4.74 Å². The number of amides is 1. The van der Waals surface area contributed by atoms with E-state index >= 15 is 0 Å². The highest BCUT2D eigenvalue weighted by Crippen LogP contribution is 2.23. The molecule has 0 heterocycles. The molecule has 0 aromatic heterocycles. The first-order valence-electron chi connectivity index (χ1n) is 11.3. The third-order valence-electron chi connectivity index (χ3n) is 5.28. The molecule has 0 aliphatic heterocycles. The average molecular weight is 592 g/mol. The van der Waals surface area contributed by atoms with E-state index in [1.807, 2.05) is 6.92 Å². The number of sulfonamides is 1. The third-order valence-corrected chi connectivity index (χ3v) is 7.17. The molecule has 0 atom stereocenters. The van der Waals surface area contributed by atoms with E-state index in [1.54, 1.807) is 60.7 Å². The minimum Gasteiger partial charge on any atom is -0.422 e. The minimum atomic E-state index is -3.76. The maximum Gasteiger partial charge on any atom is 0.343 e. The first-order chi connectivity index (χ1) is 18.2. The number of hydrogen-bond donors (Lipinski definition) is 2. The number of benzene rings is 4. The lowest BCUT2D eigenvalue weighted by molar-refractivity contribution is 0.0734. The van der Waals surface area contributed by atoms with E-state index < -0.39 is 21.9 Å².